The number of hydrogen-bond donors (Lipinski definition) is 3. The van der Waals surface area contributed by atoms with E-state index in [1.807, 2.05) is 20.8 Å². The maximum atomic E-state index is 12.0. The molecule has 0 atom stereocenters. The first-order chi connectivity index (χ1) is 19.3. The summed E-state index contributed by atoms with van der Waals surface area (Å²) >= 11 is 0. The Morgan fingerprint density at radius 1 is 0.837 bits per heavy atom. The lowest BCUT2D eigenvalue weighted by Gasteiger charge is -2.20. The van der Waals surface area contributed by atoms with Gasteiger partial charge < -0.3 is 34.1 Å². The topological polar surface area (TPSA) is 175 Å². The Morgan fingerprint density at radius 3 is 1.70 bits per heavy atom. The minimum absolute atomic E-state index is 0. The molecule has 2 aliphatic rings. The van der Waals surface area contributed by atoms with Crippen molar-refractivity contribution >= 4 is 18.4 Å². The standard InChI is InChI=1S/C12H18N2O3.C10H18O5.C7H10N2O.CH4/c1-12(2,3)17-11(16)14-6-9(7-15)13-10(14)8-4-5-8;1-9(2,3)14-7(11)13-8(12)15-10(4,5)6;10-4-6-3-8-7(9-6)5-1-2-5;/h6,8,15H,4-5,7H2,1-3H3;1-6H3;3,5,10H,1-2,4H2,(H,8,9);1H4. The third-order valence-electron chi connectivity index (χ3n) is 5.21. The molecule has 0 radical (unpaired) electrons. The highest BCUT2D eigenvalue weighted by molar-refractivity contribution is 5.77. The van der Waals surface area contributed by atoms with Gasteiger partial charge in [-0.2, -0.15) is 0 Å². The predicted octanol–water partition coefficient (Wildman–Crippen LogP) is 6.32. The minimum atomic E-state index is -1.06. The van der Waals surface area contributed by atoms with Gasteiger partial charge in [0.1, 0.15) is 28.5 Å². The quantitative estimate of drug-likeness (QED) is 0.200. The zero-order valence-corrected chi connectivity index (χ0v) is 26.1. The number of aliphatic hydroxyl groups excluding tert-OH is 2. The van der Waals surface area contributed by atoms with Crippen LogP contribution in [-0.2, 0) is 32.2 Å². The Labute approximate surface area is 254 Å². The van der Waals surface area contributed by atoms with Gasteiger partial charge in [-0.3, -0.25) is 0 Å². The van der Waals surface area contributed by atoms with Crippen LogP contribution in [0.1, 0.15) is 130 Å². The smallest absolute Gasteiger partial charge is 0.443 e. The number of aromatic amines is 1. The molecule has 4 rings (SSSR count). The van der Waals surface area contributed by atoms with Gasteiger partial charge in [-0.25, -0.2) is 28.9 Å². The van der Waals surface area contributed by atoms with Crippen molar-refractivity contribution in [3.05, 3.63) is 35.4 Å². The summed E-state index contributed by atoms with van der Waals surface area (Å²) in [7, 11) is 0. The minimum Gasteiger partial charge on any atom is -0.443 e. The molecule has 13 heteroatoms. The number of aliphatic hydroxyl groups is 2. The molecular weight excluding hydrogens is 560 g/mol. The third-order valence-corrected chi connectivity index (χ3v) is 5.21. The fourth-order valence-corrected chi connectivity index (χ4v) is 3.24. The SMILES string of the molecule is C.CC(C)(C)OC(=O)OC(=O)OC(C)(C)C.CC(C)(C)OC(=O)n1cc(CO)nc1C1CC1.OCc1cnc(C2CC2)[nH]1. The average molecular weight is 611 g/mol. The molecule has 0 bridgehead atoms. The molecule has 43 heavy (non-hydrogen) atoms. The summed E-state index contributed by atoms with van der Waals surface area (Å²) in [6, 6.07) is 0. The van der Waals surface area contributed by atoms with Gasteiger partial charge >= 0.3 is 18.4 Å². The van der Waals surface area contributed by atoms with Crippen LogP contribution in [0.25, 0.3) is 0 Å². The van der Waals surface area contributed by atoms with E-state index in [1.165, 1.54) is 17.4 Å². The van der Waals surface area contributed by atoms with Crippen molar-refractivity contribution in [1.82, 2.24) is 19.5 Å². The van der Waals surface area contributed by atoms with Gasteiger partial charge in [0.05, 0.1) is 30.8 Å². The number of nitrogens with zero attached hydrogens (tertiary/aromatic N) is 3. The molecular formula is C30H50N4O9. The number of imidazole rings is 2. The van der Waals surface area contributed by atoms with E-state index >= 15 is 0 Å². The van der Waals surface area contributed by atoms with Crippen molar-refractivity contribution in [3.63, 3.8) is 0 Å². The van der Waals surface area contributed by atoms with E-state index in [0.717, 1.165) is 24.4 Å². The highest BCUT2D eigenvalue weighted by Crippen LogP contribution is 2.39. The summed E-state index contributed by atoms with van der Waals surface area (Å²) in [6.45, 7) is 15.4. The van der Waals surface area contributed by atoms with Crippen LogP contribution in [0.4, 0.5) is 14.4 Å². The number of hydrogen-bond acceptors (Lipinski definition) is 11. The number of H-pyrrole nitrogens is 1. The first kappa shape index (κ1) is 37.6. The summed E-state index contributed by atoms with van der Waals surface area (Å²) in [5.41, 5.74) is -0.584. The second-order valence-corrected chi connectivity index (χ2v) is 13.1. The normalized spacial score (nSPS) is 14.6. The van der Waals surface area contributed by atoms with Gasteiger partial charge in [0.2, 0.25) is 0 Å². The van der Waals surface area contributed by atoms with E-state index in [4.69, 9.17) is 24.4 Å². The van der Waals surface area contributed by atoms with E-state index in [1.54, 1.807) is 53.9 Å². The molecule has 2 fully saturated rings. The number of rotatable bonds is 4. The number of nitrogens with one attached hydrogen (secondary N) is 1. The Kier molecular flexibility index (Phi) is 13.4. The van der Waals surface area contributed by atoms with E-state index in [2.05, 4.69) is 19.7 Å². The van der Waals surface area contributed by atoms with Crippen LogP contribution in [0.2, 0.25) is 0 Å². The summed E-state index contributed by atoms with van der Waals surface area (Å²) in [4.78, 5) is 45.4. The van der Waals surface area contributed by atoms with Crippen molar-refractivity contribution in [3.8, 4) is 0 Å². The van der Waals surface area contributed by atoms with Crippen molar-refractivity contribution in [1.29, 1.82) is 0 Å². The lowest BCUT2D eigenvalue weighted by Crippen LogP contribution is -2.29. The molecule has 0 unspecified atom stereocenters. The largest absolute Gasteiger partial charge is 0.519 e. The van der Waals surface area contributed by atoms with Crippen LogP contribution >= 0.6 is 0 Å². The van der Waals surface area contributed by atoms with Gasteiger partial charge in [0.25, 0.3) is 0 Å². The number of ether oxygens (including phenoxy) is 4. The predicted molar refractivity (Wildman–Crippen MR) is 159 cm³/mol. The maximum Gasteiger partial charge on any atom is 0.519 e. The Bertz CT molecular complexity index is 1170. The summed E-state index contributed by atoms with van der Waals surface area (Å²) < 4.78 is 20.5. The number of aromatic nitrogens is 4. The van der Waals surface area contributed by atoms with Gasteiger partial charge in [-0.05, 0) is 88.0 Å². The van der Waals surface area contributed by atoms with E-state index < -0.39 is 35.2 Å². The third kappa shape index (κ3) is 15.0. The molecule has 0 spiro atoms. The second kappa shape index (κ2) is 15.3. The highest BCUT2D eigenvalue weighted by Gasteiger charge is 2.32. The second-order valence-electron chi connectivity index (χ2n) is 13.1. The first-order valence-electron chi connectivity index (χ1n) is 14.0. The first-order valence-corrected chi connectivity index (χ1v) is 14.0. The summed E-state index contributed by atoms with van der Waals surface area (Å²) in [5, 5.41) is 17.7. The average Bonchev–Trinajstić information content (AvgIpc) is 3.75. The molecule has 0 aliphatic heterocycles. The van der Waals surface area contributed by atoms with Crippen LogP contribution in [0.15, 0.2) is 12.4 Å². The fourth-order valence-electron chi connectivity index (χ4n) is 3.24. The molecule has 13 nitrogen and oxygen atoms in total. The lowest BCUT2D eigenvalue weighted by molar-refractivity contribution is -0.0294. The van der Waals surface area contributed by atoms with Gasteiger partial charge in [0.15, 0.2) is 0 Å². The lowest BCUT2D eigenvalue weighted by atomic mass is 10.2. The molecule has 2 aromatic rings. The van der Waals surface area contributed by atoms with Gasteiger partial charge in [0, 0.05) is 18.0 Å². The van der Waals surface area contributed by atoms with Crippen LogP contribution in [0.5, 0.6) is 0 Å². The zero-order chi connectivity index (χ0) is 31.9. The molecule has 0 saturated heterocycles. The van der Waals surface area contributed by atoms with E-state index in [-0.39, 0.29) is 20.6 Å². The molecule has 2 aliphatic carbocycles. The summed E-state index contributed by atoms with van der Waals surface area (Å²) in [5.74, 6) is 2.75. The molecule has 2 saturated carbocycles. The van der Waals surface area contributed by atoms with Gasteiger partial charge in [-0.1, -0.05) is 7.43 Å². The summed E-state index contributed by atoms with van der Waals surface area (Å²) in [6.07, 6.45) is 5.31. The molecule has 244 valence electrons. The zero-order valence-electron chi connectivity index (χ0n) is 26.1. The van der Waals surface area contributed by atoms with Crippen molar-refractivity contribution in [2.75, 3.05) is 0 Å². The Morgan fingerprint density at radius 2 is 1.33 bits per heavy atom. The molecule has 2 aromatic heterocycles. The van der Waals surface area contributed by atoms with Crippen molar-refractivity contribution in [2.24, 2.45) is 0 Å². The molecule has 3 N–H and O–H groups in total. The van der Waals surface area contributed by atoms with Crippen molar-refractivity contribution < 1.29 is 43.5 Å². The van der Waals surface area contributed by atoms with E-state index in [0.29, 0.717) is 23.4 Å². The molecule has 0 aromatic carbocycles. The number of carbonyl (C=O) groups excluding carboxylic acids is 3. The van der Waals surface area contributed by atoms with Crippen LogP contribution in [0, 0.1) is 0 Å². The molecule has 2 heterocycles. The monoisotopic (exact) mass is 610 g/mol. The van der Waals surface area contributed by atoms with Gasteiger partial charge in [-0.15, -0.1) is 0 Å². The fraction of sp³-hybridized carbons (Fsp3) is 0.700. The maximum absolute atomic E-state index is 12.0. The van der Waals surface area contributed by atoms with E-state index in [9.17, 15) is 14.4 Å². The van der Waals surface area contributed by atoms with Crippen LogP contribution in [0.3, 0.4) is 0 Å². The van der Waals surface area contributed by atoms with Crippen molar-refractivity contribution in [2.45, 2.75) is 137 Å². The molecule has 0 amide bonds. The Balaban J connectivity index is 0.000000328. The van der Waals surface area contributed by atoms with Crippen LogP contribution in [-0.4, -0.2) is 64.9 Å². The highest BCUT2D eigenvalue weighted by atomic mass is 16.8. The Hall–Kier alpha value is -3.45. The van der Waals surface area contributed by atoms with Crippen LogP contribution < -0.4 is 0 Å². The number of carbonyl (C=O) groups is 3.